The highest BCUT2D eigenvalue weighted by molar-refractivity contribution is 7.15. The molecule has 0 saturated carbocycles. The number of aliphatic hydroxyl groups is 1. The molecule has 21 heavy (non-hydrogen) atoms. The Morgan fingerprint density at radius 3 is 2.76 bits per heavy atom. The van der Waals surface area contributed by atoms with Gasteiger partial charge in [0.1, 0.15) is 13.4 Å². The fourth-order valence-corrected chi connectivity index (χ4v) is 4.87. The quantitative estimate of drug-likeness (QED) is 0.667. The van der Waals surface area contributed by atoms with E-state index in [1.54, 1.807) is 6.08 Å². The lowest BCUT2D eigenvalue weighted by Gasteiger charge is -2.39. The van der Waals surface area contributed by atoms with E-state index in [0.717, 1.165) is 18.4 Å². The van der Waals surface area contributed by atoms with Crippen molar-refractivity contribution in [1.29, 1.82) is 0 Å². The minimum atomic E-state index is -0.893. The summed E-state index contributed by atoms with van der Waals surface area (Å²) in [7, 11) is 2.11. The molecule has 1 heterocycles. The Bertz CT molecular complexity index is 701. The molecule has 1 aromatic heterocycles. The third-order valence-corrected chi connectivity index (χ3v) is 5.49. The molecule has 0 radical (unpaired) electrons. The van der Waals surface area contributed by atoms with Gasteiger partial charge in [-0.15, -0.1) is 11.3 Å². The molecule has 1 nitrogen and oxygen atoms in total. The molecule has 108 valence electrons. The van der Waals surface area contributed by atoms with Crippen molar-refractivity contribution in [2.75, 3.05) is 0 Å². The maximum Gasteiger partial charge on any atom is 0.139 e. The van der Waals surface area contributed by atoms with Crippen LogP contribution in [0.15, 0.2) is 43.0 Å². The summed E-state index contributed by atoms with van der Waals surface area (Å²) in [4.78, 5) is 2.53. The first-order valence-electron chi connectivity index (χ1n) is 7.39. The molecule has 3 heteroatoms. The van der Waals surface area contributed by atoms with Crippen LogP contribution in [0.2, 0.25) is 0 Å². The summed E-state index contributed by atoms with van der Waals surface area (Å²) in [6.07, 6.45) is 3.47. The highest BCUT2D eigenvalue weighted by atomic mass is 32.1. The molecular formula is C18H21BOS. The van der Waals surface area contributed by atoms with E-state index in [1.165, 1.54) is 20.8 Å². The lowest BCUT2D eigenvalue weighted by molar-refractivity contribution is 0.0276. The number of thiophene rings is 1. The molecule has 1 aliphatic carbocycles. The van der Waals surface area contributed by atoms with E-state index in [4.69, 9.17) is 0 Å². The molecule has 1 aliphatic rings. The number of hydrogen-bond acceptors (Lipinski definition) is 2. The molecule has 0 fully saturated rings. The van der Waals surface area contributed by atoms with Gasteiger partial charge in [0.25, 0.3) is 0 Å². The van der Waals surface area contributed by atoms with Gasteiger partial charge in [-0.25, -0.2) is 0 Å². The maximum atomic E-state index is 11.0. The van der Waals surface area contributed by atoms with E-state index in [2.05, 4.69) is 58.6 Å². The third-order valence-electron chi connectivity index (χ3n) is 4.30. The van der Waals surface area contributed by atoms with E-state index >= 15 is 0 Å². The summed E-state index contributed by atoms with van der Waals surface area (Å²) in [5.74, 6) is 0. The number of rotatable bonds is 2. The second kappa shape index (κ2) is 4.86. The molecule has 1 aromatic carbocycles. The fraction of sp³-hybridized carbons (Fsp3) is 0.333. The topological polar surface area (TPSA) is 20.2 Å². The average Bonchev–Trinajstić information content (AvgIpc) is 2.82. The predicted octanol–water partition coefficient (Wildman–Crippen LogP) is 3.02. The zero-order valence-corrected chi connectivity index (χ0v) is 13.8. The van der Waals surface area contributed by atoms with Crippen molar-refractivity contribution in [3.63, 3.8) is 0 Å². The molecule has 0 amide bonds. The van der Waals surface area contributed by atoms with Gasteiger partial charge in [0.15, 0.2) is 0 Å². The highest BCUT2D eigenvalue weighted by Crippen LogP contribution is 2.49. The molecule has 1 atom stereocenters. The van der Waals surface area contributed by atoms with Gasteiger partial charge in [-0.1, -0.05) is 56.2 Å². The van der Waals surface area contributed by atoms with Crippen LogP contribution in [0.4, 0.5) is 0 Å². The van der Waals surface area contributed by atoms with Gasteiger partial charge in [-0.3, -0.25) is 0 Å². The van der Waals surface area contributed by atoms with Crippen LogP contribution in [-0.2, 0) is 12.0 Å². The van der Waals surface area contributed by atoms with Crippen LogP contribution in [0.3, 0.4) is 0 Å². The molecule has 0 aliphatic heterocycles. The highest BCUT2D eigenvalue weighted by Gasteiger charge is 2.41. The van der Waals surface area contributed by atoms with Crippen molar-refractivity contribution in [3.05, 3.63) is 53.4 Å². The summed E-state index contributed by atoms with van der Waals surface area (Å²) in [5.41, 5.74) is 2.76. The maximum absolute atomic E-state index is 11.0. The summed E-state index contributed by atoms with van der Waals surface area (Å²) in [6.45, 7) is 8.31. The SMILES string of the molecule is Bc1cccc(-c2cc3c(s2)CC(C)(C)CC3(O)C=C)c1. The summed E-state index contributed by atoms with van der Waals surface area (Å²) in [5, 5.41) is 11.0. The first kappa shape index (κ1) is 14.6. The number of fused-ring (bicyclic) bond motifs is 1. The van der Waals surface area contributed by atoms with Crippen molar-refractivity contribution in [2.24, 2.45) is 5.41 Å². The van der Waals surface area contributed by atoms with Gasteiger partial charge >= 0.3 is 0 Å². The molecule has 0 bridgehead atoms. The first-order valence-corrected chi connectivity index (χ1v) is 8.21. The Balaban J connectivity index is 2.12. The van der Waals surface area contributed by atoms with E-state index in [0.29, 0.717) is 0 Å². The van der Waals surface area contributed by atoms with E-state index < -0.39 is 5.60 Å². The summed E-state index contributed by atoms with van der Waals surface area (Å²) < 4.78 is 0. The minimum Gasteiger partial charge on any atom is -0.381 e. The molecule has 2 aromatic rings. The van der Waals surface area contributed by atoms with Gasteiger partial charge in [0.2, 0.25) is 0 Å². The molecule has 1 unspecified atom stereocenters. The number of benzene rings is 1. The molecule has 3 rings (SSSR count). The fourth-order valence-electron chi connectivity index (χ4n) is 3.37. The third kappa shape index (κ3) is 2.61. The lowest BCUT2D eigenvalue weighted by Crippen LogP contribution is -2.36. The monoisotopic (exact) mass is 296 g/mol. The smallest absolute Gasteiger partial charge is 0.139 e. The van der Waals surface area contributed by atoms with Gasteiger partial charge in [0, 0.05) is 15.3 Å². The van der Waals surface area contributed by atoms with Crippen LogP contribution < -0.4 is 5.46 Å². The Hall–Kier alpha value is -1.32. The Kier molecular flexibility index (Phi) is 3.38. The van der Waals surface area contributed by atoms with Gasteiger partial charge in [0.05, 0.1) is 0 Å². The lowest BCUT2D eigenvalue weighted by atomic mass is 9.69. The molecule has 0 spiro atoms. The standard InChI is InChI=1S/C18H21BOS/c1-4-18(20)11-17(2,3)10-16-14(18)9-15(21-16)12-6-5-7-13(19)8-12/h4-9,20H,1,10-11,19H2,2-3H3. The van der Waals surface area contributed by atoms with Crippen molar-refractivity contribution in [2.45, 2.75) is 32.3 Å². The second-order valence-electron chi connectivity index (χ2n) is 6.96. The Morgan fingerprint density at radius 2 is 2.10 bits per heavy atom. The van der Waals surface area contributed by atoms with Crippen molar-refractivity contribution >= 4 is 24.6 Å². The van der Waals surface area contributed by atoms with E-state index in [-0.39, 0.29) is 5.41 Å². The number of hydrogen-bond donors (Lipinski definition) is 1. The Labute approximate surface area is 131 Å². The largest absolute Gasteiger partial charge is 0.381 e. The molecular weight excluding hydrogens is 275 g/mol. The Morgan fingerprint density at radius 1 is 1.33 bits per heavy atom. The second-order valence-corrected chi connectivity index (χ2v) is 8.10. The van der Waals surface area contributed by atoms with E-state index in [9.17, 15) is 5.11 Å². The average molecular weight is 296 g/mol. The first-order chi connectivity index (χ1) is 9.83. The van der Waals surface area contributed by atoms with Crippen LogP contribution in [-0.4, -0.2) is 13.0 Å². The summed E-state index contributed by atoms with van der Waals surface area (Å²) in [6, 6.07) is 10.7. The zero-order chi connectivity index (χ0) is 15.3. The molecule has 1 N–H and O–H groups in total. The van der Waals surface area contributed by atoms with Crippen LogP contribution in [0.1, 0.15) is 30.7 Å². The van der Waals surface area contributed by atoms with Crippen molar-refractivity contribution < 1.29 is 5.11 Å². The zero-order valence-electron chi connectivity index (χ0n) is 12.9. The molecule has 0 saturated heterocycles. The van der Waals surface area contributed by atoms with Crippen LogP contribution in [0.25, 0.3) is 10.4 Å². The van der Waals surface area contributed by atoms with Gasteiger partial charge < -0.3 is 5.11 Å². The normalized spacial score (nSPS) is 23.6. The minimum absolute atomic E-state index is 0.102. The predicted molar refractivity (Wildman–Crippen MR) is 94.1 cm³/mol. The van der Waals surface area contributed by atoms with Crippen molar-refractivity contribution in [3.8, 4) is 10.4 Å². The van der Waals surface area contributed by atoms with Gasteiger partial charge in [-0.2, -0.15) is 0 Å². The van der Waals surface area contributed by atoms with Gasteiger partial charge in [-0.05, 0) is 29.9 Å². The van der Waals surface area contributed by atoms with Crippen LogP contribution in [0.5, 0.6) is 0 Å². The van der Waals surface area contributed by atoms with Crippen LogP contribution >= 0.6 is 11.3 Å². The van der Waals surface area contributed by atoms with E-state index in [1.807, 2.05) is 11.3 Å². The van der Waals surface area contributed by atoms with Crippen LogP contribution in [0, 0.1) is 5.41 Å². The summed E-state index contributed by atoms with van der Waals surface area (Å²) >= 11 is 1.81. The van der Waals surface area contributed by atoms with Crippen molar-refractivity contribution in [1.82, 2.24) is 0 Å².